The summed E-state index contributed by atoms with van der Waals surface area (Å²) in [6, 6.07) is 11.9. The van der Waals surface area contributed by atoms with E-state index in [0.29, 0.717) is 5.56 Å². The lowest BCUT2D eigenvalue weighted by molar-refractivity contribution is -0.111. The zero-order valence-electron chi connectivity index (χ0n) is 15.9. The van der Waals surface area contributed by atoms with Crippen LogP contribution in [-0.2, 0) is 9.53 Å². The third kappa shape index (κ3) is 6.42. The summed E-state index contributed by atoms with van der Waals surface area (Å²) in [6.45, 7) is 4.79. The second-order valence-electron chi connectivity index (χ2n) is 6.94. The molecule has 28 heavy (non-hydrogen) atoms. The molecule has 0 radical (unpaired) electrons. The summed E-state index contributed by atoms with van der Waals surface area (Å²) in [7, 11) is 0. The lowest BCUT2D eigenvalue weighted by atomic mass is 10.0. The Bertz CT molecular complexity index is 902. The highest BCUT2D eigenvalue weighted by atomic mass is 19.1. The van der Waals surface area contributed by atoms with Crippen LogP contribution in [0.25, 0.3) is 0 Å². The SMILES string of the molecule is CC(C)(C)OC(=O)NCC(=O)/C=N/c1ccc(F)cc1C(=O)c1ccccc1. The lowest BCUT2D eigenvalue weighted by Crippen LogP contribution is -2.35. The van der Waals surface area contributed by atoms with Crippen molar-refractivity contribution < 1.29 is 23.5 Å². The molecule has 0 aliphatic heterocycles. The Kier molecular flexibility index (Phi) is 6.76. The summed E-state index contributed by atoms with van der Waals surface area (Å²) in [4.78, 5) is 40.1. The molecule has 2 aromatic carbocycles. The maximum Gasteiger partial charge on any atom is 0.408 e. The molecule has 1 amide bonds. The Morgan fingerprint density at radius 1 is 1.11 bits per heavy atom. The van der Waals surface area contributed by atoms with E-state index in [2.05, 4.69) is 10.3 Å². The standard InChI is InChI=1S/C21H21FN2O4/c1-21(2,3)28-20(27)24-13-16(25)12-23-18-10-9-15(22)11-17(18)19(26)14-7-5-4-6-8-14/h4-12H,13H2,1-3H3,(H,24,27)/b23-12+. The molecule has 0 saturated carbocycles. The van der Waals surface area contributed by atoms with E-state index in [9.17, 15) is 18.8 Å². The van der Waals surface area contributed by atoms with Crippen LogP contribution in [-0.4, -0.2) is 36.0 Å². The molecule has 2 aromatic rings. The van der Waals surface area contributed by atoms with Crippen molar-refractivity contribution >= 4 is 29.6 Å². The first-order chi connectivity index (χ1) is 13.2. The number of rotatable bonds is 6. The predicted molar refractivity (Wildman–Crippen MR) is 104 cm³/mol. The summed E-state index contributed by atoms with van der Waals surface area (Å²) in [5, 5.41) is 2.32. The molecule has 0 aliphatic carbocycles. The largest absolute Gasteiger partial charge is 0.444 e. The second kappa shape index (κ2) is 9.03. The van der Waals surface area contributed by atoms with Gasteiger partial charge >= 0.3 is 6.09 Å². The normalized spacial score (nSPS) is 11.3. The average Bonchev–Trinajstić information content (AvgIpc) is 2.64. The van der Waals surface area contributed by atoms with Crippen LogP contribution in [0.15, 0.2) is 53.5 Å². The average molecular weight is 384 g/mol. The lowest BCUT2D eigenvalue weighted by Gasteiger charge is -2.19. The predicted octanol–water partition coefficient (Wildman–Crippen LogP) is 3.85. The van der Waals surface area contributed by atoms with E-state index in [1.165, 1.54) is 6.07 Å². The zero-order chi connectivity index (χ0) is 20.7. The van der Waals surface area contributed by atoms with E-state index in [-0.39, 0.29) is 17.8 Å². The van der Waals surface area contributed by atoms with Gasteiger partial charge in [0, 0.05) is 5.56 Å². The molecule has 0 aliphatic rings. The number of nitrogens with one attached hydrogen (secondary N) is 1. The van der Waals surface area contributed by atoms with Gasteiger partial charge in [0.15, 0.2) is 11.6 Å². The van der Waals surface area contributed by atoms with E-state index in [1.54, 1.807) is 51.1 Å². The number of Topliss-reactive ketones (excluding diaryl/α,β-unsaturated/α-hetero) is 1. The summed E-state index contributed by atoms with van der Waals surface area (Å²) >= 11 is 0. The van der Waals surface area contributed by atoms with Crippen molar-refractivity contribution in [2.45, 2.75) is 26.4 Å². The van der Waals surface area contributed by atoms with E-state index in [0.717, 1.165) is 18.3 Å². The number of hydrogen-bond acceptors (Lipinski definition) is 5. The van der Waals surface area contributed by atoms with Gasteiger partial charge in [0.1, 0.15) is 11.4 Å². The highest BCUT2D eigenvalue weighted by molar-refractivity contribution is 6.29. The number of benzene rings is 2. The van der Waals surface area contributed by atoms with Gasteiger partial charge in [0.05, 0.1) is 24.0 Å². The molecule has 146 valence electrons. The molecule has 0 saturated heterocycles. The first-order valence-corrected chi connectivity index (χ1v) is 8.59. The number of alkyl carbamates (subject to hydrolysis) is 1. The molecule has 0 aromatic heterocycles. The third-order valence-corrected chi connectivity index (χ3v) is 3.39. The number of halogens is 1. The molecular formula is C21H21FN2O4. The van der Waals surface area contributed by atoms with E-state index >= 15 is 0 Å². The van der Waals surface area contributed by atoms with Gasteiger partial charge in [0.25, 0.3) is 0 Å². The number of nitrogens with zero attached hydrogens (tertiary/aromatic N) is 1. The number of carbonyl (C=O) groups excluding carboxylic acids is 3. The molecule has 1 N–H and O–H groups in total. The van der Waals surface area contributed by atoms with Gasteiger partial charge in [-0.1, -0.05) is 30.3 Å². The van der Waals surface area contributed by atoms with E-state index in [4.69, 9.17) is 4.74 Å². The Hall–Kier alpha value is -3.35. The zero-order valence-corrected chi connectivity index (χ0v) is 15.9. The maximum absolute atomic E-state index is 13.6. The van der Waals surface area contributed by atoms with Gasteiger partial charge in [-0.25, -0.2) is 9.18 Å². The van der Waals surface area contributed by atoms with Crippen LogP contribution in [0.5, 0.6) is 0 Å². The van der Waals surface area contributed by atoms with Gasteiger partial charge in [-0.15, -0.1) is 0 Å². The molecule has 0 fully saturated rings. The van der Waals surface area contributed by atoms with Crippen LogP contribution in [0.1, 0.15) is 36.7 Å². The number of aliphatic imine (C=N–C) groups is 1. The van der Waals surface area contributed by atoms with Gasteiger partial charge in [-0.05, 0) is 39.0 Å². The minimum Gasteiger partial charge on any atom is -0.444 e. The molecule has 0 atom stereocenters. The topological polar surface area (TPSA) is 84.8 Å². The third-order valence-electron chi connectivity index (χ3n) is 3.39. The van der Waals surface area contributed by atoms with Gasteiger partial charge in [0.2, 0.25) is 0 Å². The number of amides is 1. The first kappa shape index (κ1) is 21.0. The van der Waals surface area contributed by atoms with Crippen molar-refractivity contribution in [1.82, 2.24) is 5.32 Å². The van der Waals surface area contributed by atoms with E-state index < -0.39 is 29.1 Å². The fourth-order valence-corrected chi connectivity index (χ4v) is 2.21. The van der Waals surface area contributed by atoms with Crippen LogP contribution >= 0.6 is 0 Å². The van der Waals surface area contributed by atoms with Crippen LogP contribution in [0, 0.1) is 5.82 Å². The highest BCUT2D eigenvalue weighted by Crippen LogP contribution is 2.23. The van der Waals surface area contributed by atoms with Crippen LogP contribution in [0.4, 0.5) is 14.9 Å². The van der Waals surface area contributed by atoms with Crippen molar-refractivity contribution in [3.05, 3.63) is 65.5 Å². The summed E-state index contributed by atoms with van der Waals surface area (Å²) < 4.78 is 18.7. The molecule has 0 spiro atoms. The van der Waals surface area contributed by atoms with Crippen LogP contribution in [0.2, 0.25) is 0 Å². The number of ketones is 2. The van der Waals surface area contributed by atoms with Crippen molar-refractivity contribution in [3.63, 3.8) is 0 Å². The Balaban J connectivity index is 2.10. The minimum absolute atomic E-state index is 0.0374. The van der Waals surface area contributed by atoms with Crippen LogP contribution < -0.4 is 5.32 Å². The van der Waals surface area contributed by atoms with Crippen LogP contribution in [0.3, 0.4) is 0 Å². The molecule has 6 nitrogen and oxygen atoms in total. The highest BCUT2D eigenvalue weighted by Gasteiger charge is 2.17. The summed E-state index contributed by atoms with van der Waals surface area (Å²) in [5.74, 6) is -1.50. The molecule has 0 bridgehead atoms. The number of ether oxygens (including phenoxy) is 1. The second-order valence-corrected chi connectivity index (χ2v) is 6.94. The van der Waals surface area contributed by atoms with Crippen molar-refractivity contribution in [2.24, 2.45) is 4.99 Å². The van der Waals surface area contributed by atoms with Crippen molar-refractivity contribution in [1.29, 1.82) is 0 Å². The van der Waals surface area contributed by atoms with Gasteiger partial charge in [-0.3, -0.25) is 14.6 Å². The Morgan fingerprint density at radius 2 is 1.79 bits per heavy atom. The molecular weight excluding hydrogens is 363 g/mol. The first-order valence-electron chi connectivity index (χ1n) is 8.59. The fraction of sp³-hybridized carbons (Fsp3) is 0.238. The summed E-state index contributed by atoms with van der Waals surface area (Å²) in [6.07, 6.45) is 0.253. The minimum atomic E-state index is -0.726. The van der Waals surface area contributed by atoms with Gasteiger partial charge in [-0.2, -0.15) is 0 Å². The maximum atomic E-state index is 13.6. The van der Waals surface area contributed by atoms with Gasteiger partial charge < -0.3 is 10.1 Å². The number of hydrogen-bond donors (Lipinski definition) is 1. The number of carbonyl (C=O) groups is 3. The Labute approximate surface area is 162 Å². The van der Waals surface area contributed by atoms with Crippen molar-refractivity contribution in [2.75, 3.05) is 6.54 Å². The smallest absolute Gasteiger partial charge is 0.408 e. The van der Waals surface area contributed by atoms with Crippen molar-refractivity contribution in [3.8, 4) is 0 Å². The summed E-state index contributed by atoms with van der Waals surface area (Å²) in [5.41, 5.74) is -0.110. The molecule has 0 unspecified atom stereocenters. The quantitative estimate of drug-likeness (QED) is 0.605. The molecule has 2 rings (SSSR count). The fourth-order valence-electron chi connectivity index (χ4n) is 2.21. The monoisotopic (exact) mass is 384 g/mol. The molecule has 7 heteroatoms. The Morgan fingerprint density at radius 3 is 2.43 bits per heavy atom. The molecule has 0 heterocycles. The van der Waals surface area contributed by atoms with E-state index in [1.807, 2.05) is 0 Å².